The molecule has 0 aliphatic carbocycles. The van der Waals surface area contributed by atoms with Crippen LogP contribution >= 0.6 is 11.6 Å². The molecule has 6 heteroatoms. The number of rotatable bonds is 7. The smallest absolute Gasteiger partial charge is 0.338 e. The zero-order valence-electron chi connectivity index (χ0n) is 13.4. The maximum absolute atomic E-state index is 11.9. The first-order valence-corrected chi connectivity index (χ1v) is 8.13. The van der Waals surface area contributed by atoms with Crippen molar-refractivity contribution < 1.29 is 14.3 Å². The molecule has 1 amide bonds. The Morgan fingerprint density at radius 1 is 1.17 bits per heavy atom. The zero-order valence-corrected chi connectivity index (χ0v) is 14.2. The van der Waals surface area contributed by atoms with E-state index in [1.807, 2.05) is 12.1 Å². The number of ether oxygens (including phenoxy) is 1. The molecular weight excluding hydrogens is 328 g/mol. The molecule has 2 rings (SSSR count). The van der Waals surface area contributed by atoms with Crippen molar-refractivity contribution in [2.75, 3.05) is 11.9 Å². The lowest BCUT2D eigenvalue weighted by molar-refractivity contribution is -0.119. The molecule has 0 spiro atoms. The van der Waals surface area contributed by atoms with Crippen LogP contribution in [0.4, 0.5) is 5.82 Å². The molecule has 0 aliphatic heterocycles. The third-order valence-corrected chi connectivity index (χ3v) is 3.56. The van der Waals surface area contributed by atoms with Crippen molar-refractivity contribution in [3.05, 3.63) is 58.7 Å². The number of halogens is 1. The molecule has 1 aromatic heterocycles. The Labute approximate surface area is 146 Å². The van der Waals surface area contributed by atoms with Gasteiger partial charge in [-0.2, -0.15) is 0 Å². The average Bonchev–Trinajstić information content (AvgIpc) is 2.60. The standard InChI is InChI=1S/C18H19ClN2O3/c1-2-3-4-13-5-7-14(8-6-13)18(23)24-12-17(22)21-16-10-9-15(19)11-20-16/h5-11H,2-4,12H2,1H3,(H,20,21,22). The lowest BCUT2D eigenvalue weighted by atomic mass is 10.1. The van der Waals surface area contributed by atoms with E-state index in [-0.39, 0.29) is 6.61 Å². The molecule has 0 bridgehead atoms. The molecule has 0 unspecified atom stereocenters. The highest BCUT2D eigenvalue weighted by Crippen LogP contribution is 2.10. The quantitative estimate of drug-likeness (QED) is 0.773. The highest BCUT2D eigenvalue weighted by atomic mass is 35.5. The summed E-state index contributed by atoms with van der Waals surface area (Å²) in [4.78, 5) is 27.6. The van der Waals surface area contributed by atoms with Crippen molar-refractivity contribution in [2.45, 2.75) is 26.2 Å². The Hall–Kier alpha value is -2.40. The van der Waals surface area contributed by atoms with Crippen LogP contribution in [0.15, 0.2) is 42.6 Å². The van der Waals surface area contributed by atoms with Gasteiger partial charge in [0.25, 0.3) is 5.91 Å². The number of hydrogen-bond acceptors (Lipinski definition) is 4. The second-order valence-electron chi connectivity index (χ2n) is 5.29. The van der Waals surface area contributed by atoms with Crippen molar-refractivity contribution in [3.8, 4) is 0 Å². The predicted molar refractivity (Wildman–Crippen MR) is 93.2 cm³/mol. The number of esters is 1. The summed E-state index contributed by atoms with van der Waals surface area (Å²) < 4.78 is 5.00. The summed E-state index contributed by atoms with van der Waals surface area (Å²) in [7, 11) is 0. The molecule has 2 aromatic rings. The summed E-state index contributed by atoms with van der Waals surface area (Å²) >= 11 is 5.71. The van der Waals surface area contributed by atoms with Gasteiger partial charge in [-0.3, -0.25) is 4.79 Å². The third-order valence-electron chi connectivity index (χ3n) is 3.34. The van der Waals surface area contributed by atoms with Crippen LogP contribution in [0.2, 0.25) is 5.02 Å². The van der Waals surface area contributed by atoms with Gasteiger partial charge in [-0.25, -0.2) is 9.78 Å². The first kappa shape index (κ1) is 17.9. The minimum absolute atomic E-state index is 0.348. The Kier molecular flexibility index (Phi) is 6.75. The van der Waals surface area contributed by atoms with Crippen molar-refractivity contribution >= 4 is 29.3 Å². The van der Waals surface area contributed by atoms with Crippen LogP contribution in [-0.4, -0.2) is 23.5 Å². The number of nitrogens with zero attached hydrogens (tertiary/aromatic N) is 1. The normalized spacial score (nSPS) is 10.2. The van der Waals surface area contributed by atoms with Crippen LogP contribution in [0, 0.1) is 0 Å². The topological polar surface area (TPSA) is 68.3 Å². The molecule has 24 heavy (non-hydrogen) atoms. The molecule has 0 fully saturated rings. The number of carbonyl (C=O) groups is 2. The number of pyridine rings is 1. The summed E-state index contributed by atoms with van der Waals surface area (Å²) in [6.07, 6.45) is 4.65. The van der Waals surface area contributed by atoms with Crippen LogP contribution in [-0.2, 0) is 16.0 Å². The Bertz CT molecular complexity index is 684. The Balaban J connectivity index is 1.81. The molecule has 1 N–H and O–H groups in total. The minimum Gasteiger partial charge on any atom is -0.452 e. The number of anilines is 1. The van der Waals surface area contributed by atoms with E-state index in [2.05, 4.69) is 17.2 Å². The van der Waals surface area contributed by atoms with E-state index in [1.165, 1.54) is 11.8 Å². The highest BCUT2D eigenvalue weighted by molar-refractivity contribution is 6.30. The molecule has 1 aromatic carbocycles. The van der Waals surface area contributed by atoms with E-state index in [0.29, 0.717) is 16.4 Å². The number of benzene rings is 1. The summed E-state index contributed by atoms with van der Waals surface area (Å²) in [6.45, 7) is 1.76. The maximum atomic E-state index is 11.9. The molecule has 0 saturated heterocycles. The number of amides is 1. The molecule has 1 heterocycles. The van der Waals surface area contributed by atoms with Gasteiger partial charge < -0.3 is 10.1 Å². The molecule has 0 atom stereocenters. The van der Waals surface area contributed by atoms with Crippen molar-refractivity contribution in [3.63, 3.8) is 0 Å². The van der Waals surface area contributed by atoms with Crippen molar-refractivity contribution in [1.29, 1.82) is 0 Å². The molecular formula is C18H19ClN2O3. The maximum Gasteiger partial charge on any atom is 0.338 e. The SMILES string of the molecule is CCCCc1ccc(C(=O)OCC(=O)Nc2ccc(Cl)cn2)cc1. The fourth-order valence-corrected chi connectivity index (χ4v) is 2.14. The van der Waals surface area contributed by atoms with Crippen LogP contribution in [0.25, 0.3) is 0 Å². The van der Waals surface area contributed by atoms with Gasteiger partial charge in [0, 0.05) is 6.20 Å². The molecule has 5 nitrogen and oxygen atoms in total. The third kappa shape index (κ3) is 5.66. The lowest BCUT2D eigenvalue weighted by Crippen LogP contribution is -2.21. The fourth-order valence-electron chi connectivity index (χ4n) is 2.03. The van der Waals surface area contributed by atoms with Crippen LogP contribution in [0.3, 0.4) is 0 Å². The minimum atomic E-state index is -0.531. The molecule has 0 saturated carbocycles. The lowest BCUT2D eigenvalue weighted by Gasteiger charge is -2.07. The van der Waals surface area contributed by atoms with Gasteiger partial charge in [0.05, 0.1) is 10.6 Å². The zero-order chi connectivity index (χ0) is 17.4. The summed E-state index contributed by atoms with van der Waals surface area (Å²) in [5.74, 6) is -0.644. The van der Waals surface area contributed by atoms with E-state index >= 15 is 0 Å². The number of aromatic nitrogens is 1. The van der Waals surface area contributed by atoms with Crippen LogP contribution < -0.4 is 5.32 Å². The fraction of sp³-hybridized carbons (Fsp3) is 0.278. The largest absolute Gasteiger partial charge is 0.452 e. The highest BCUT2D eigenvalue weighted by Gasteiger charge is 2.10. The van der Waals surface area contributed by atoms with E-state index < -0.39 is 11.9 Å². The molecule has 126 valence electrons. The Morgan fingerprint density at radius 2 is 1.92 bits per heavy atom. The van der Waals surface area contributed by atoms with Gasteiger partial charge in [0.1, 0.15) is 5.82 Å². The van der Waals surface area contributed by atoms with E-state index in [1.54, 1.807) is 24.3 Å². The summed E-state index contributed by atoms with van der Waals surface area (Å²) in [5, 5.41) is 3.00. The Morgan fingerprint density at radius 3 is 2.54 bits per heavy atom. The molecule has 0 aliphatic rings. The van der Waals surface area contributed by atoms with E-state index in [4.69, 9.17) is 16.3 Å². The van der Waals surface area contributed by atoms with Gasteiger partial charge in [0.15, 0.2) is 6.61 Å². The number of aryl methyl sites for hydroxylation is 1. The van der Waals surface area contributed by atoms with E-state index in [0.717, 1.165) is 19.3 Å². The van der Waals surface area contributed by atoms with E-state index in [9.17, 15) is 9.59 Å². The number of carbonyl (C=O) groups excluding carboxylic acids is 2. The van der Waals surface area contributed by atoms with Gasteiger partial charge in [-0.1, -0.05) is 37.1 Å². The number of nitrogens with one attached hydrogen (secondary N) is 1. The van der Waals surface area contributed by atoms with Crippen LogP contribution in [0.5, 0.6) is 0 Å². The number of hydrogen-bond donors (Lipinski definition) is 1. The van der Waals surface area contributed by atoms with Crippen molar-refractivity contribution in [2.24, 2.45) is 0 Å². The van der Waals surface area contributed by atoms with Gasteiger partial charge in [-0.05, 0) is 42.7 Å². The second kappa shape index (κ2) is 9.03. The van der Waals surface area contributed by atoms with Gasteiger partial charge in [0.2, 0.25) is 0 Å². The molecule has 0 radical (unpaired) electrons. The first-order valence-electron chi connectivity index (χ1n) is 7.76. The summed E-state index contributed by atoms with van der Waals surface area (Å²) in [6, 6.07) is 10.4. The summed E-state index contributed by atoms with van der Waals surface area (Å²) in [5.41, 5.74) is 1.60. The van der Waals surface area contributed by atoms with Crippen LogP contribution in [0.1, 0.15) is 35.7 Å². The van der Waals surface area contributed by atoms with Crippen molar-refractivity contribution in [1.82, 2.24) is 4.98 Å². The second-order valence-corrected chi connectivity index (χ2v) is 5.72. The predicted octanol–water partition coefficient (Wildman–Crippen LogP) is 3.87. The monoisotopic (exact) mass is 346 g/mol. The van der Waals surface area contributed by atoms with Gasteiger partial charge in [-0.15, -0.1) is 0 Å². The van der Waals surface area contributed by atoms with Gasteiger partial charge >= 0.3 is 5.97 Å². The first-order chi connectivity index (χ1) is 11.6. The number of unbranched alkanes of at least 4 members (excludes halogenated alkanes) is 1. The average molecular weight is 347 g/mol.